The number of hydrogen-bond acceptors (Lipinski definition) is 4. The van der Waals surface area contributed by atoms with Crippen LogP contribution in [0.5, 0.6) is 5.88 Å². The second-order valence-corrected chi connectivity index (χ2v) is 4.54. The van der Waals surface area contributed by atoms with Gasteiger partial charge in [-0.1, -0.05) is 25.6 Å². The zero-order valence-electron chi connectivity index (χ0n) is 8.37. The number of rotatable bonds is 3. The van der Waals surface area contributed by atoms with Crippen LogP contribution in [-0.4, -0.2) is 22.3 Å². The maximum atomic E-state index is 5.05. The molecule has 0 fully saturated rings. The van der Waals surface area contributed by atoms with E-state index in [9.17, 15) is 0 Å². The Morgan fingerprint density at radius 2 is 2.08 bits per heavy atom. The van der Waals surface area contributed by atoms with Crippen molar-refractivity contribution in [2.45, 2.75) is 31.2 Å². The van der Waals surface area contributed by atoms with Crippen LogP contribution in [0.4, 0.5) is 0 Å². The number of aromatic nitrogens is 2. The Bertz CT molecular complexity index is 289. The number of ether oxygens (including phenoxy) is 1. The van der Waals surface area contributed by atoms with Crippen LogP contribution in [0.2, 0.25) is 0 Å². The van der Waals surface area contributed by atoms with Crippen molar-refractivity contribution < 1.29 is 4.74 Å². The first-order valence-electron chi connectivity index (χ1n) is 4.18. The quantitative estimate of drug-likeness (QED) is 0.551. The lowest BCUT2D eigenvalue weighted by Crippen LogP contribution is -1.97. The molecule has 1 rings (SSSR count). The van der Waals surface area contributed by atoms with Gasteiger partial charge in [0, 0.05) is 17.0 Å². The average Bonchev–Trinajstić information content (AvgIpc) is 2.01. The normalized spacial score (nSPS) is 10.5. The SMILES string of the molecule is COc1cc(C)nc(SC(C)C)n1. The number of thioether (sulfide) groups is 1. The molecule has 0 saturated heterocycles. The van der Waals surface area contributed by atoms with Gasteiger partial charge in [0.25, 0.3) is 0 Å². The van der Waals surface area contributed by atoms with Gasteiger partial charge in [-0.15, -0.1) is 0 Å². The second kappa shape index (κ2) is 4.46. The molecule has 13 heavy (non-hydrogen) atoms. The predicted octanol–water partition coefficient (Wildman–Crippen LogP) is 2.29. The molecular formula is C9H14N2OS. The summed E-state index contributed by atoms with van der Waals surface area (Å²) in [6.45, 7) is 6.17. The lowest BCUT2D eigenvalue weighted by molar-refractivity contribution is 0.391. The molecule has 0 unspecified atom stereocenters. The van der Waals surface area contributed by atoms with Crippen LogP contribution < -0.4 is 4.74 Å². The fourth-order valence-electron chi connectivity index (χ4n) is 0.881. The number of hydrogen-bond donors (Lipinski definition) is 0. The van der Waals surface area contributed by atoms with Crippen LogP contribution in [-0.2, 0) is 0 Å². The van der Waals surface area contributed by atoms with E-state index in [2.05, 4.69) is 23.8 Å². The molecule has 0 aromatic carbocycles. The van der Waals surface area contributed by atoms with E-state index in [1.165, 1.54) is 0 Å². The second-order valence-electron chi connectivity index (χ2n) is 3.00. The highest BCUT2D eigenvalue weighted by atomic mass is 32.2. The van der Waals surface area contributed by atoms with Crippen LogP contribution in [0, 0.1) is 6.92 Å². The molecule has 72 valence electrons. The molecule has 3 nitrogen and oxygen atoms in total. The van der Waals surface area contributed by atoms with E-state index in [4.69, 9.17) is 4.74 Å². The molecule has 0 atom stereocenters. The molecular weight excluding hydrogens is 184 g/mol. The maximum absolute atomic E-state index is 5.05. The van der Waals surface area contributed by atoms with Crippen molar-refractivity contribution in [2.75, 3.05) is 7.11 Å². The summed E-state index contributed by atoms with van der Waals surface area (Å²) in [7, 11) is 1.62. The standard InChI is InChI=1S/C9H14N2OS/c1-6(2)13-9-10-7(3)5-8(11-9)12-4/h5-6H,1-4H3. The van der Waals surface area contributed by atoms with E-state index in [0.717, 1.165) is 10.9 Å². The highest BCUT2D eigenvalue weighted by Gasteiger charge is 2.04. The zero-order chi connectivity index (χ0) is 9.84. The van der Waals surface area contributed by atoms with E-state index in [1.807, 2.05) is 13.0 Å². The van der Waals surface area contributed by atoms with Crippen LogP contribution in [0.1, 0.15) is 19.5 Å². The highest BCUT2D eigenvalue weighted by molar-refractivity contribution is 7.99. The summed E-state index contributed by atoms with van der Waals surface area (Å²) in [5.41, 5.74) is 0.940. The topological polar surface area (TPSA) is 35.0 Å². The Morgan fingerprint density at radius 3 is 2.62 bits per heavy atom. The van der Waals surface area contributed by atoms with Gasteiger partial charge in [0.15, 0.2) is 5.16 Å². The largest absolute Gasteiger partial charge is 0.481 e. The van der Waals surface area contributed by atoms with E-state index in [-0.39, 0.29) is 0 Å². The zero-order valence-corrected chi connectivity index (χ0v) is 9.18. The Kier molecular flexibility index (Phi) is 3.54. The van der Waals surface area contributed by atoms with E-state index >= 15 is 0 Å². The van der Waals surface area contributed by atoms with Gasteiger partial charge in [-0.25, -0.2) is 4.98 Å². The van der Waals surface area contributed by atoms with Crippen LogP contribution >= 0.6 is 11.8 Å². The first-order chi connectivity index (χ1) is 6.11. The van der Waals surface area contributed by atoms with Gasteiger partial charge in [0.2, 0.25) is 5.88 Å². The summed E-state index contributed by atoms with van der Waals surface area (Å²) in [6, 6.07) is 1.82. The predicted molar refractivity (Wildman–Crippen MR) is 54.3 cm³/mol. The molecule has 0 bridgehead atoms. The molecule has 0 saturated carbocycles. The van der Waals surface area contributed by atoms with E-state index < -0.39 is 0 Å². The maximum Gasteiger partial charge on any atom is 0.217 e. The van der Waals surface area contributed by atoms with E-state index in [1.54, 1.807) is 18.9 Å². The average molecular weight is 198 g/mol. The molecule has 1 heterocycles. The van der Waals surface area contributed by atoms with Crippen molar-refractivity contribution in [3.05, 3.63) is 11.8 Å². The summed E-state index contributed by atoms with van der Waals surface area (Å²) in [4.78, 5) is 8.52. The molecule has 1 aromatic rings. The van der Waals surface area contributed by atoms with E-state index in [0.29, 0.717) is 11.1 Å². The summed E-state index contributed by atoms with van der Waals surface area (Å²) >= 11 is 1.64. The van der Waals surface area contributed by atoms with Gasteiger partial charge in [0.1, 0.15) is 0 Å². The lowest BCUT2D eigenvalue weighted by Gasteiger charge is -2.05. The van der Waals surface area contributed by atoms with Crippen molar-refractivity contribution >= 4 is 11.8 Å². The Labute approximate surface area is 82.9 Å². The van der Waals surface area contributed by atoms with Crippen molar-refractivity contribution in [3.8, 4) is 5.88 Å². The number of methoxy groups -OCH3 is 1. The Morgan fingerprint density at radius 1 is 1.38 bits per heavy atom. The molecule has 0 N–H and O–H groups in total. The summed E-state index contributed by atoms with van der Waals surface area (Å²) in [6.07, 6.45) is 0. The van der Waals surface area contributed by atoms with Crippen molar-refractivity contribution in [3.63, 3.8) is 0 Å². The summed E-state index contributed by atoms with van der Waals surface area (Å²) in [5, 5.41) is 1.28. The molecule has 0 aliphatic rings. The Hall–Kier alpha value is -0.770. The summed E-state index contributed by atoms with van der Waals surface area (Å²) < 4.78 is 5.05. The third kappa shape index (κ3) is 3.22. The van der Waals surface area contributed by atoms with Gasteiger partial charge < -0.3 is 4.74 Å². The third-order valence-corrected chi connectivity index (χ3v) is 2.23. The molecule has 0 spiro atoms. The fourth-order valence-corrected chi connectivity index (χ4v) is 1.64. The molecule has 0 aliphatic carbocycles. The fraction of sp³-hybridized carbons (Fsp3) is 0.556. The minimum Gasteiger partial charge on any atom is -0.481 e. The van der Waals surface area contributed by atoms with Crippen LogP contribution in [0.15, 0.2) is 11.2 Å². The molecule has 4 heteroatoms. The van der Waals surface area contributed by atoms with Gasteiger partial charge in [-0.2, -0.15) is 4.98 Å². The molecule has 0 radical (unpaired) electrons. The minimum atomic E-state index is 0.492. The lowest BCUT2D eigenvalue weighted by atomic mass is 10.4. The number of aryl methyl sites for hydroxylation is 1. The molecule has 0 amide bonds. The third-order valence-electron chi connectivity index (χ3n) is 1.36. The van der Waals surface area contributed by atoms with Gasteiger partial charge in [0.05, 0.1) is 7.11 Å². The van der Waals surface area contributed by atoms with Gasteiger partial charge in [-0.3, -0.25) is 0 Å². The van der Waals surface area contributed by atoms with Crippen molar-refractivity contribution in [1.29, 1.82) is 0 Å². The van der Waals surface area contributed by atoms with Crippen molar-refractivity contribution in [2.24, 2.45) is 0 Å². The minimum absolute atomic E-state index is 0.492. The highest BCUT2D eigenvalue weighted by Crippen LogP contribution is 2.21. The number of nitrogens with zero attached hydrogens (tertiary/aromatic N) is 2. The smallest absolute Gasteiger partial charge is 0.217 e. The first-order valence-corrected chi connectivity index (χ1v) is 5.06. The molecule has 1 aromatic heterocycles. The first kappa shape index (κ1) is 10.3. The van der Waals surface area contributed by atoms with Gasteiger partial charge in [-0.05, 0) is 6.92 Å². The Balaban J connectivity index is 2.88. The van der Waals surface area contributed by atoms with Crippen LogP contribution in [0.25, 0.3) is 0 Å². The van der Waals surface area contributed by atoms with Crippen LogP contribution in [0.3, 0.4) is 0 Å². The van der Waals surface area contributed by atoms with Gasteiger partial charge >= 0.3 is 0 Å². The summed E-state index contributed by atoms with van der Waals surface area (Å²) in [5.74, 6) is 0.635. The monoisotopic (exact) mass is 198 g/mol. The van der Waals surface area contributed by atoms with Crippen molar-refractivity contribution in [1.82, 2.24) is 9.97 Å². The molecule has 0 aliphatic heterocycles.